The molecule has 0 amide bonds. The zero-order chi connectivity index (χ0) is 14.6. The summed E-state index contributed by atoms with van der Waals surface area (Å²) in [6.07, 6.45) is 0.811. The molecule has 0 aliphatic heterocycles. The Bertz CT molecular complexity index is 473. The Morgan fingerprint density at radius 2 is 2.05 bits per heavy atom. The maximum Gasteiger partial charge on any atom is 0.340 e. The van der Waals surface area contributed by atoms with Crippen molar-refractivity contribution in [1.29, 1.82) is 0 Å². The first-order chi connectivity index (χ1) is 8.80. The van der Waals surface area contributed by atoms with Crippen molar-refractivity contribution in [3.05, 3.63) is 23.5 Å². The minimum absolute atomic E-state index is 0.0794. The Hall–Kier alpha value is -1.78. The zero-order valence-electron chi connectivity index (χ0n) is 11.8. The van der Waals surface area contributed by atoms with Gasteiger partial charge in [-0.05, 0) is 39.3 Å². The number of halogens is 1. The molecule has 0 heterocycles. The van der Waals surface area contributed by atoms with Gasteiger partial charge >= 0.3 is 5.97 Å². The quantitative estimate of drug-likeness (QED) is 0.636. The number of carbonyl (C=O) groups excluding carboxylic acids is 1. The van der Waals surface area contributed by atoms with E-state index < -0.39 is 11.8 Å². The van der Waals surface area contributed by atoms with Gasteiger partial charge < -0.3 is 15.8 Å². The van der Waals surface area contributed by atoms with Crippen molar-refractivity contribution < 1.29 is 13.9 Å². The standard InChI is InChI=1S/C14H21FN2O2/c1-5-14(3,4)17-12-7-9(13(18)19-6-2)11(16)8-10(12)15/h7-8,17H,5-6,16H2,1-4H3. The number of hydrogen-bond donors (Lipinski definition) is 2. The number of hydrogen-bond acceptors (Lipinski definition) is 4. The van der Waals surface area contributed by atoms with Crippen molar-refractivity contribution in [3.63, 3.8) is 0 Å². The molecule has 0 spiro atoms. The lowest BCUT2D eigenvalue weighted by molar-refractivity contribution is 0.0527. The first-order valence-corrected chi connectivity index (χ1v) is 6.35. The summed E-state index contributed by atoms with van der Waals surface area (Å²) in [5.41, 5.74) is 5.89. The smallest absolute Gasteiger partial charge is 0.340 e. The summed E-state index contributed by atoms with van der Waals surface area (Å²) < 4.78 is 18.7. The van der Waals surface area contributed by atoms with Crippen molar-refractivity contribution >= 4 is 17.3 Å². The van der Waals surface area contributed by atoms with Gasteiger partial charge in [-0.3, -0.25) is 0 Å². The van der Waals surface area contributed by atoms with Crippen LogP contribution in [0.2, 0.25) is 0 Å². The fourth-order valence-corrected chi connectivity index (χ4v) is 1.52. The lowest BCUT2D eigenvalue weighted by Crippen LogP contribution is -2.30. The fourth-order valence-electron chi connectivity index (χ4n) is 1.52. The van der Waals surface area contributed by atoms with Crippen LogP contribution >= 0.6 is 0 Å². The van der Waals surface area contributed by atoms with Crippen molar-refractivity contribution in [2.45, 2.75) is 39.7 Å². The molecule has 0 aliphatic carbocycles. The summed E-state index contributed by atoms with van der Waals surface area (Å²) in [6, 6.07) is 2.54. The fraction of sp³-hybridized carbons (Fsp3) is 0.500. The highest BCUT2D eigenvalue weighted by Gasteiger charge is 2.20. The second kappa shape index (κ2) is 5.91. The molecule has 0 radical (unpaired) electrons. The molecule has 1 aromatic rings. The van der Waals surface area contributed by atoms with Crippen molar-refractivity contribution in [1.82, 2.24) is 0 Å². The summed E-state index contributed by atoms with van der Waals surface area (Å²) in [5.74, 6) is -1.02. The van der Waals surface area contributed by atoms with Gasteiger partial charge in [0.2, 0.25) is 0 Å². The van der Waals surface area contributed by atoms with Crippen LogP contribution in [0.15, 0.2) is 12.1 Å². The van der Waals surface area contributed by atoms with Crippen LogP contribution in [0.4, 0.5) is 15.8 Å². The van der Waals surface area contributed by atoms with Gasteiger partial charge in [0, 0.05) is 11.2 Å². The van der Waals surface area contributed by atoms with Gasteiger partial charge in [0.05, 0.1) is 17.9 Å². The van der Waals surface area contributed by atoms with Gasteiger partial charge in [0.25, 0.3) is 0 Å². The molecule has 0 atom stereocenters. The zero-order valence-corrected chi connectivity index (χ0v) is 11.8. The van der Waals surface area contributed by atoms with E-state index in [9.17, 15) is 9.18 Å². The van der Waals surface area contributed by atoms with E-state index in [0.717, 1.165) is 12.5 Å². The van der Waals surface area contributed by atoms with Crippen LogP contribution in [0.5, 0.6) is 0 Å². The highest BCUT2D eigenvalue weighted by atomic mass is 19.1. The van der Waals surface area contributed by atoms with E-state index in [2.05, 4.69) is 5.32 Å². The monoisotopic (exact) mass is 268 g/mol. The molecule has 0 aliphatic rings. The molecule has 3 N–H and O–H groups in total. The van der Waals surface area contributed by atoms with Gasteiger partial charge in [0.1, 0.15) is 5.82 Å². The number of nitrogen functional groups attached to an aromatic ring is 1. The van der Waals surface area contributed by atoms with Crippen LogP contribution in [-0.2, 0) is 4.74 Å². The molecular formula is C14H21FN2O2. The lowest BCUT2D eigenvalue weighted by Gasteiger charge is -2.26. The van der Waals surface area contributed by atoms with E-state index >= 15 is 0 Å². The molecule has 0 aromatic heterocycles. The largest absolute Gasteiger partial charge is 0.462 e. The number of nitrogens with one attached hydrogen (secondary N) is 1. The number of anilines is 2. The molecule has 106 valence electrons. The summed E-state index contributed by atoms with van der Waals surface area (Å²) >= 11 is 0. The number of esters is 1. The summed E-state index contributed by atoms with van der Waals surface area (Å²) in [5, 5.41) is 3.06. The van der Waals surface area contributed by atoms with Crippen LogP contribution < -0.4 is 11.1 Å². The van der Waals surface area contributed by atoms with E-state index in [1.165, 1.54) is 6.07 Å². The Kier molecular flexibility index (Phi) is 4.75. The van der Waals surface area contributed by atoms with E-state index in [4.69, 9.17) is 10.5 Å². The number of nitrogens with two attached hydrogens (primary N) is 1. The second-order valence-corrected chi connectivity index (χ2v) is 5.00. The minimum atomic E-state index is -0.544. The Morgan fingerprint density at radius 1 is 1.42 bits per heavy atom. The number of benzene rings is 1. The normalized spacial score (nSPS) is 11.2. The molecule has 0 saturated heterocycles. The predicted octanol–water partition coefficient (Wildman–Crippen LogP) is 3.19. The first-order valence-electron chi connectivity index (χ1n) is 6.35. The van der Waals surface area contributed by atoms with Gasteiger partial charge in [-0.1, -0.05) is 6.92 Å². The van der Waals surface area contributed by atoms with Crippen LogP contribution in [0.25, 0.3) is 0 Å². The molecule has 0 bridgehead atoms. The topological polar surface area (TPSA) is 64.3 Å². The molecule has 19 heavy (non-hydrogen) atoms. The lowest BCUT2D eigenvalue weighted by atomic mass is 10.0. The number of rotatable bonds is 5. The molecule has 0 fully saturated rings. The predicted molar refractivity (Wildman–Crippen MR) is 74.8 cm³/mol. The molecule has 4 nitrogen and oxygen atoms in total. The van der Waals surface area contributed by atoms with Crippen molar-refractivity contribution in [2.24, 2.45) is 0 Å². The Balaban J connectivity index is 3.13. The summed E-state index contributed by atoms with van der Waals surface area (Å²) in [6.45, 7) is 7.85. The molecular weight excluding hydrogens is 247 g/mol. The first kappa shape index (κ1) is 15.3. The summed E-state index contributed by atoms with van der Waals surface area (Å²) in [7, 11) is 0. The van der Waals surface area contributed by atoms with Gasteiger partial charge in [-0.15, -0.1) is 0 Å². The highest BCUT2D eigenvalue weighted by molar-refractivity contribution is 5.96. The third-order valence-corrected chi connectivity index (χ3v) is 2.99. The SMILES string of the molecule is CCOC(=O)c1cc(NC(C)(C)CC)c(F)cc1N. The average Bonchev–Trinajstić information content (AvgIpc) is 2.32. The maximum atomic E-state index is 13.9. The van der Waals surface area contributed by atoms with Gasteiger partial charge in [0.15, 0.2) is 0 Å². The molecule has 0 unspecified atom stereocenters. The van der Waals surface area contributed by atoms with Crippen molar-refractivity contribution in [2.75, 3.05) is 17.7 Å². The van der Waals surface area contributed by atoms with E-state index in [0.29, 0.717) is 0 Å². The average molecular weight is 268 g/mol. The minimum Gasteiger partial charge on any atom is -0.462 e. The molecule has 0 saturated carbocycles. The second-order valence-electron chi connectivity index (χ2n) is 5.00. The van der Waals surface area contributed by atoms with Gasteiger partial charge in [-0.2, -0.15) is 0 Å². The third-order valence-electron chi connectivity index (χ3n) is 2.99. The third kappa shape index (κ3) is 3.84. The maximum absolute atomic E-state index is 13.9. The van der Waals surface area contributed by atoms with Crippen LogP contribution in [0, 0.1) is 5.82 Å². The van der Waals surface area contributed by atoms with E-state index in [1.54, 1.807) is 6.92 Å². The highest BCUT2D eigenvalue weighted by Crippen LogP contribution is 2.26. The van der Waals surface area contributed by atoms with E-state index in [-0.39, 0.29) is 29.1 Å². The van der Waals surface area contributed by atoms with Crippen LogP contribution in [0.3, 0.4) is 0 Å². The van der Waals surface area contributed by atoms with Gasteiger partial charge in [-0.25, -0.2) is 9.18 Å². The molecule has 1 rings (SSSR count). The molecule has 5 heteroatoms. The number of carbonyl (C=O) groups is 1. The van der Waals surface area contributed by atoms with Crippen LogP contribution in [0.1, 0.15) is 44.5 Å². The van der Waals surface area contributed by atoms with Crippen LogP contribution in [-0.4, -0.2) is 18.1 Å². The van der Waals surface area contributed by atoms with Crippen molar-refractivity contribution in [3.8, 4) is 0 Å². The number of ether oxygens (including phenoxy) is 1. The Morgan fingerprint density at radius 3 is 2.58 bits per heavy atom. The van der Waals surface area contributed by atoms with E-state index in [1.807, 2.05) is 20.8 Å². The molecule has 1 aromatic carbocycles. The Labute approximate surface area is 113 Å². The summed E-state index contributed by atoms with van der Waals surface area (Å²) in [4.78, 5) is 11.7.